The minimum Gasteiger partial charge on any atom is -0.481 e. The number of hydrogen-bond acceptors (Lipinski definition) is 7. The largest absolute Gasteiger partial charge is 0.481 e. The van der Waals surface area contributed by atoms with Crippen LogP contribution in [0.2, 0.25) is 5.02 Å². The minimum atomic E-state index is -0.908. The zero-order chi connectivity index (χ0) is 31.8. The predicted molar refractivity (Wildman–Crippen MR) is 169 cm³/mol. The quantitative estimate of drug-likeness (QED) is 0.213. The third-order valence-electron chi connectivity index (χ3n) is 8.68. The fraction of sp³-hybridized carbons (Fsp3) is 0.429. The first-order valence-electron chi connectivity index (χ1n) is 15.5. The summed E-state index contributed by atoms with van der Waals surface area (Å²) in [5, 5.41) is 33.1. The number of likely N-dealkylation sites (tertiary alicyclic amines) is 1. The van der Waals surface area contributed by atoms with Crippen molar-refractivity contribution < 1.29 is 34.4 Å². The van der Waals surface area contributed by atoms with E-state index >= 15 is 0 Å². The molecule has 5 rings (SSSR count). The van der Waals surface area contributed by atoms with Gasteiger partial charge in [0.25, 0.3) is 0 Å². The Kier molecular flexibility index (Phi) is 11.3. The first-order valence-corrected chi connectivity index (χ1v) is 15.9. The molecule has 0 spiro atoms. The lowest BCUT2D eigenvalue weighted by Gasteiger charge is -2.42. The van der Waals surface area contributed by atoms with Gasteiger partial charge in [0.15, 0.2) is 6.29 Å². The molecule has 2 aliphatic heterocycles. The highest BCUT2D eigenvalue weighted by molar-refractivity contribution is 6.30. The fourth-order valence-corrected chi connectivity index (χ4v) is 6.08. The van der Waals surface area contributed by atoms with E-state index in [0.29, 0.717) is 43.8 Å². The number of carboxylic acids is 1. The number of piperidine rings is 1. The van der Waals surface area contributed by atoms with E-state index in [0.717, 1.165) is 40.9 Å². The standard InChI is InChI=1S/C35H41ClN2O7/c36-29-14-12-28(13-15-29)35(43)16-18-38(19-17-35)22-30-20-31(26-8-6-25(23-39)7-9-26)45-34(44-30)27-10-4-24(5-11-27)21-37-32(40)2-1-3-33(41)42/h4-15,30-31,34,39,43H,1-3,16-23H2,(H,37,40)(H,41,42). The molecule has 0 aliphatic carbocycles. The number of carboxylic acid groups (broad SMARTS) is 1. The second-order valence-electron chi connectivity index (χ2n) is 12.0. The lowest BCUT2D eigenvalue weighted by molar-refractivity contribution is -0.253. The highest BCUT2D eigenvalue weighted by Gasteiger charge is 2.37. The van der Waals surface area contributed by atoms with E-state index in [-0.39, 0.29) is 37.6 Å². The van der Waals surface area contributed by atoms with Gasteiger partial charge in [-0.15, -0.1) is 0 Å². The van der Waals surface area contributed by atoms with Gasteiger partial charge in [-0.1, -0.05) is 72.3 Å². The third kappa shape index (κ3) is 9.13. The summed E-state index contributed by atoms with van der Waals surface area (Å²) in [6.07, 6.45) is 1.44. The monoisotopic (exact) mass is 636 g/mol. The number of ether oxygens (including phenoxy) is 2. The van der Waals surface area contributed by atoms with Gasteiger partial charge in [-0.2, -0.15) is 0 Å². The summed E-state index contributed by atoms with van der Waals surface area (Å²) in [6, 6.07) is 23.0. The summed E-state index contributed by atoms with van der Waals surface area (Å²) < 4.78 is 13.0. The van der Waals surface area contributed by atoms with E-state index in [4.69, 9.17) is 26.2 Å². The maximum atomic E-state index is 12.1. The van der Waals surface area contributed by atoms with Crippen molar-refractivity contribution in [2.24, 2.45) is 0 Å². The normalized spacial score (nSPS) is 21.7. The van der Waals surface area contributed by atoms with E-state index in [9.17, 15) is 19.8 Å². The second-order valence-corrected chi connectivity index (χ2v) is 12.4. The number of hydrogen-bond donors (Lipinski definition) is 4. The highest BCUT2D eigenvalue weighted by Crippen LogP contribution is 2.39. The molecule has 2 saturated heterocycles. The SMILES string of the molecule is O=C(O)CCCC(=O)NCc1ccc(C2OC(CN3CCC(O)(c4ccc(Cl)cc4)CC3)CC(c3ccc(CO)cc3)O2)cc1. The molecule has 3 atom stereocenters. The number of aliphatic carboxylic acids is 1. The van der Waals surface area contributed by atoms with Crippen LogP contribution < -0.4 is 5.32 Å². The van der Waals surface area contributed by atoms with Crippen LogP contribution in [0.15, 0.2) is 72.8 Å². The molecule has 3 aromatic carbocycles. The van der Waals surface area contributed by atoms with E-state index in [1.165, 1.54) is 0 Å². The van der Waals surface area contributed by atoms with E-state index in [1.54, 1.807) is 0 Å². The summed E-state index contributed by atoms with van der Waals surface area (Å²) >= 11 is 6.06. The molecule has 0 radical (unpaired) electrons. The van der Waals surface area contributed by atoms with E-state index in [1.807, 2.05) is 72.8 Å². The zero-order valence-corrected chi connectivity index (χ0v) is 26.0. The number of benzene rings is 3. The Morgan fingerprint density at radius 3 is 2.18 bits per heavy atom. The average Bonchev–Trinajstić information content (AvgIpc) is 3.05. The van der Waals surface area contributed by atoms with Crippen molar-refractivity contribution in [3.05, 3.63) is 106 Å². The fourth-order valence-electron chi connectivity index (χ4n) is 5.96. The topological polar surface area (TPSA) is 129 Å². The Hall–Kier alpha value is -3.31. The van der Waals surface area contributed by atoms with Gasteiger partial charge in [0.1, 0.15) is 0 Å². The lowest BCUT2D eigenvalue weighted by Crippen LogP contribution is -2.46. The first-order chi connectivity index (χ1) is 21.7. The van der Waals surface area contributed by atoms with Crippen LogP contribution in [0, 0.1) is 0 Å². The molecule has 0 bridgehead atoms. The number of nitrogens with zero attached hydrogens (tertiary/aromatic N) is 1. The molecule has 2 fully saturated rings. The molecule has 10 heteroatoms. The average molecular weight is 637 g/mol. The van der Waals surface area contributed by atoms with Gasteiger partial charge in [-0.3, -0.25) is 9.59 Å². The minimum absolute atomic E-state index is 0.0212. The van der Waals surface area contributed by atoms with Gasteiger partial charge in [-0.05, 0) is 53.6 Å². The Balaban J connectivity index is 1.22. The Bertz CT molecular complexity index is 1410. The van der Waals surface area contributed by atoms with Gasteiger partial charge in [0.2, 0.25) is 5.91 Å². The molecule has 3 aromatic rings. The number of aliphatic hydroxyl groups excluding tert-OH is 1. The maximum absolute atomic E-state index is 12.1. The van der Waals surface area contributed by atoms with Gasteiger partial charge in [-0.25, -0.2) is 0 Å². The Morgan fingerprint density at radius 2 is 1.53 bits per heavy atom. The number of carbonyl (C=O) groups excluding carboxylic acids is 1. The van der Waals surface area contributed by atoms with Gasteiger partial charge >= 0.3 is 5.97 Å². The summed E-state index contributed by atoms with van der Waals surface area (Å²) in [5.41, 5.74) is 3.64. The number of nitrogens with one attached hydrogen (secondary N) is 1. The molecule has 0 saturated carbocycles. The maximum Gasteiger partial charge on any atom is 0.303 e. The lowest BCUT2D eigenvalue weighted by atomic mass is 9.84. The summed E-state index contributed by atoms with van der Waals surface area (Å²) in [7, 11) is 0. The molecule has 3 unspecified atom stereocenters. The van der Waals surface area contributed by atoms with Crippen LogP contribution in [0.5, 0.6) is 0 Å². The van der Waals surface area contributed by atoms with Crippen molar-refractivity contribution in [1.82, 2.24) is 10.2 Å². The molecule has 240 valence electrons. The van der Waals surface area contributed by atoms with E-state index < -0.39 is 17.9 Å². The molecule has 2 heterocycles. The van der Waals surface area contributed by atoms with Crippen molar-refractivity contribution >= 4 is 23.5 Å². The zero-order valence-electron chi connectivity index (χ0n) is 25.2. The van der Waals surface area contributed by atoms with Crippen molar-refractivity contribution in [2.45, 2.75) is 75.8 Å². The van der Waals surface area contributed by atoms with Crippen molar-refractivity contribution in [2.75, 3.05) is 19.6 Å². The predicted octanol–water partition coefficient (Wildman–Crippen LogP) is 5.23. The van der Waals surface area contributed by atoms with Crippen LogP contribution in [-0.2, 0) is 37.8 Å². The number of amides is 1. The Labute approximate surface area is 268 Å². The number of rotatable bonds is 12. The van der Waals surface area contributed by atoms with Crippen molar-refractivity contribution in [3.8, 4) is 0 Å². The summed E-state index contributed by atoms with van der Waals surface area (Å²) in [5.74, 6) is -1.09. The number of halogens is 1. The molecule has 1 amide bonds. The molecule has 2 aliphatic rings. The highest BCUT2D eigenvalue weighted by atomic mass is 35.5. The van der Waals surface area contributed by atoms with Gasteiger partial charge in [0.05, 0.1) is 24.4 Å². The Morgan fingerprint density at radius 1 is 0.889 bits per heavy atom. The summed E-state index contributed by atoms with van der Waals surface area (Å²) in [6.45, 7) is 2.49. The first kappa shape index (κ1) is 33.1. The van der Waals surface area contributed by atoms with Crippen LogP contribution in [0.1, 0.15) is 78.7 Å². The van der Waals surface area contributed by atoms with Gasteiger partial charge < -0.3 is 35.0 Å². The van der Waals surface area contributed by atoms with Crippen LogP contribution >= 0.6 is 11.6 Å². The third-order valence-corrected chi connectivity index (χ3v) is 8.93. The van der Waals surface area contributed by atoms with Crippen molar-refractivity contribution in [1.29, 1.82) is 0 Å². The van der Waals surface area contributed by atoms with E-state index in [2.05, 4.69) is 10.2 Å². The smallest absolute Gasteiger partial charge is 0.303 e. The summed E-state index contributed by atoms with van der Waals surface area (Å²) in [4.78, 5) is 25.1. The number of carbonyl (C=O) groups is 2. The molecule has 45 heavy (non-hydrogen) atoms. The second kappa shape index (κ2) is 15.3. The molecule has 0 aromatic heterocycles. The molecule has 4 N–H and O–H groups in total. The van der Waals surface area contributed by atoms with Crippen LogP contribution in [0.25, 0.3) is 0 Å². The van der Waals surface area contributed by atoms with Crippen LogP contribution in [0.3, 0.4) is 0 Å². The van der Waals surface area contributed by atoms with Crippen LogP contribution in [0.4, 0.5) is 0 Å². The van der Waals surface area contributed by atoms with Crippen LogP contribution in [-0.4, -0.2) is 57.8 Å². The molecular weight excluding hydrogens is 596 g/mol. The molecular formula is C35H41ClN2O7. The number of aliphatic hydroxyl groups is 2. The van der Waals surface area contributed by atoms with Crippen molar-refractivity contribution in [3.63, 3.8) is 0 Å². The molecule has 9 nitrogen and oxygen atoms in total. The van der Waals surface area contributed by atoms with Gasteiger partial charge in [0, 0.05) is 56.0 Å².